The largest absolute Gasteiger partial charge is 0.419 e. The third-order valence-electron chi connectivity index (χ3n) is 4.67. The number of oxime groups is 1. The maximum absolute atomic E-state index is 12.4. The number of aryl methyl sites for hydroxylation is 1. The molecule has 1 aromatic heterocycles. The Morgan fingerprint density at radius 2 is 2.17 bits per heavy atom. The molecule has 2 aliphatic heterocycles. The van der Waals surface area contributed by atoms with Gasteiger partial charge >= 0.3 is 5.76 Å². The topological polar surface area (TPSA) is 97.9 Å². The first-order valence-corrected chi connectivity index (χ1v) is 7.93. The van der Waals surface area contributed by atoms with Crippen molar-refractivity contribution in [3.05, 3.63) is 28.7 Å². The number of aromatic nitrogens is 1. The number of nitrogens with one attached hydrogen (secondary N) is 2. The van der Waals surface area contributed by atoms with Gasteiger partial charge in [-0.15, -0.1) is 0 Å². The Morgan fingerprint density at radius 3 is 2.96 bits per heavy atom. The van der Waals surface area contributed by atoms with Gasteiger partial charge in [0.1, 0.15) is 11.3 Å². The molecular formula is C16H18N4O4. The minimum absolute atomic E-state index is 0.289. The molecule has 1 amide bonds. The molecule has 8 heteroatoms. The average Bonchev–Trinajstić information content (AvgIpc) is 3.10. The number of fused-ring (bicyclic) bond motifs is 1. The number of hydrogen-bond donors (Lipinski definition) is 2. The molecule has 126 valence electrons. The van der Waals surface area contributed by atoms with E-state index in [4.69, 9.17) is 9.25 Å². The highest BCUT2D eigenvalue weighted by atomic mass is 16.7. The van der Waals surface area contributed by atoms with Gasteiger partial charge in [-0.25, -0.2) is 4.79 Å². The monoisotopic (exact) mass is 330 g/mol. The highest BCUT2D eigenvalue weighted by Gasteiger charge is 2.42. The van der Waals surface area contributed by atoms with Crippen molar-refractivity contribution in [1.82, 2.24) is 9.88 Å². The molecule has 4 rings (SSSR count). The second-order valence-electron chi connectivity index (χ2n) is 6.30. The van der Waals surface area contributed by atoms with Crippen LogP contribution < -0.4 is 16.4 Å². The summed E-state index contributed by atoms with van der Waals surface area (Å²) in [5, 5.41) is 10.1. The van der Waals surface area contributed by atoms with Gasteiger partial charge < -0.3 is 19.9 Å². The summed E-state index contributed by atoms with van der Waals surface area (Å²) in [6.07, 6.45) is 2.20. The molecule has 2 aliphatic rings. The van der Waals surface area contributed by atoms with Gasteiger partial charge in [0.2, 0.25) is 0 Å². The standard InChI is InChI=1S/C16H18N4O4/c1-20-12-3-2-10(8-13(12)23-15(20)22)18-14(21)11-9-16(24-19-11)4-6-17-7-5-16/h2-3,8,17H,4-7,9H2,1H3,(H,18,21). The molecule has 0 atom stereocenters. The Bertz CT molecular complexity index is 889. The fourth-order valence-electron chi connectivity index (χ4n) is 3.21. The predicted molar refractivity (Wildman–Crippen MR) is 88.1 cm³/mol. The normalized spacial score (nSPS) is 19.3. The zero-order valence-electron chi connectivity index (χ0n) is 13.3. The maximum atomic E-state index is 12.4. The molecule has 2 aromatic rings. The number of carbonyl (C=O) groups excluding carboxylic acids is 1. The van der Waals surface area contributed by atoms with Crippen LogP contribution in [-0.2, 0) is 16.7 Å². The quantitative estimate of drug-likeness (QED) is 0.855. The number of anilines is 1. The van der Waals surface area contributed by atoms with E-state index in [0.29, 0.717) is 28.9 Å². The molecule has 1 aromatic carbocycles. The first-order valence-electron chi connectivity index (χ1n) is 7.93. The lowest BCUT2D eigenvalue weighted by Gasteiger charge is -2.30. The molecule has 1 spiro atoms. The van der Waals surface area contributed by atoms with Crippen LogP contribution in [0.1, 0.15) is 19.3 Å². The van der Waals surface area contributed by atoms with E-state index in [9.17, 15) is 9.59 Å². The fourth-order valence-corrected chi connectivity index (χ4v) is 3.21. The van der Waals surface area contributed by atoms with E-state index in [1.165, 1.54) is 4.57 Å². The number of nitrogens with zero attached hydrogens (tertiary/aromatic N) is 2. The Hall–Kier alpha value is -2.61. The number of carbonyl (C=O) groups is 1. The van der Waals surface area contributed by atoms with Crippen LogP contribution in [0, 0.1) is 0 Å². The van der Waals surface area contributed by atoms with E-state index in [2.05, 4.69) is 15.8 Å². The van der Waals surface area contributed by atoms with E-state index in [0.717, 1.165) is 25.9 Å². The SMILES string of the molecule is Cn1c(=O)oc2cc(NC(=O)C3=NOC4(CCNCC4)C3)ccc21. The van der Waals surface area contributed by atoms with E-state index in [1.54, 1.807) is 25.2 Å². The highest BCUT2D eigenvalue weighted by Crippen LogP contribution is 2.32. The lowest BCUT2D eigenvalue weighted by atomic mass is 9.87. The van der Waals surface area contributed by atoms with Crippen LogP contribution in [0.25, 0.3) is 11.1 Å². The minimum atomic E-state index is -0.435. The Labute approximate surface area is 137 Å². The van der Waals surface area contributed by atoms with Crippen molar-refractivity contribution < 1.29 is 14.0 Å². The maximum Gasteiger partial charge on any atom is 0.419 e. The molecule has 0 bridgehead atoms. The minimum Gasteiger partial charge on any atom is -0.408 e. The summed E-state index contributed by atoms with van der Waals surface area (Å²) < 4.78 is 6.54. The molecule has 8 nitrogen and oxygen atoms in total. The highest BCUT2D eigenvalue weighted by molar-refractivity contribution is 6.43. The van der Waals surface area contributed by atoms with Gasteiger partial charge in [-0.2, -0.15) is 0 Å². The second kappa shape index (κ2) is 5.48. The lowest BCUT2D eigenvalue weighted by Crippen LogP contribution is -2.42. The van der Waals surface area contributed by atoms with Gasteiger partial charge in [0.25, 0.3) is 5.91 Å². The summed E-state index contributed by atoms with van der Waals surface area (Å²) in [6.45, 7) is 1.74. The third kappa shape index (κ3) is 2.48. The molecule has 1 fully saturated rings. The molecular weight excluding hydrogens is 312 g/mol. The van der Waals surface area contributed by atoms with E-state index in [1.807, 2.05) is 0 Å². The number of piperidine rings is 1. The van der Waals surface area contributed by atoms with Crippen LogP contribution in [0.2, 0.25) is 0 Å². The van der Waals surface area contributed by atoms with Crippen molar-refractivity contribution in [2.24, 2.45) is 12.2 Å². The fraction of sp³-hybridized carbons (Fsp3) is 0.438. The van der Waals surface area contributed by atoms with Gasteiger partial charge in [-0.1, -0.05) is 5.16 Å². The zero-order valence-corrected chi connectivity index (χ0v) is 13.3. The predicted octanol–water partition coefficient (Wildman–Crippen LogP) is 0.968. The molecule has 1 saturated heterocycles. The Balaban J connectivity index is 1.49. The van der Waals surface area contributed by atoms with Crippen molar-refractivity contribution in [3.63, 3.8) is 0 Å². The number of amides is 1. The molecule has 0 radical (unpaired) electrons. The van der Waals surface area contributed by atoms with Crippen LogP contribution in [0.15, 0.2) is 32.6 Å². The molecule has 0 unspecified atom stereocenters. The number of oxazole rings is 1. The number of hydrogen-bond acceptors (Lipinski definition) is 6. The summed E-state index contributed by atoms with van der Waals surface area (Å²) >= 11 is 0. The summed E-state index contributed by atoms with van der Waals surface area (Å²) in [7, 11) is 1.63. The molecule has 0 aliphatic carbocycles. The Kier molecular flexibility index (Phi) is 3.42. The van der Waals surface area contributed by atoms with Gasteiger partial charge in [0.15, 0.2) is 5.58 Å². The zero-order chi connectivity index (χ0) is 16.7. The molecule has 0 saturated carbocycles. The lowest BCUT2D eigenvalue weighted by molar-refractivity contribution is -0.110. The summed E-state index contributed by atoms with van der Waals surface area (Å²) in [4.78, 5) is 29.5. The first kappa shape index (κ1) is 14.9. The summed E-state index contributed by atoms with van der Waals surface area (Å²) in [5.74, 6) is -0.724. The molecule has 3 heterocycles. The van der Waals surface area contributed by atoms with Crippen molar-refractivity contribution >= 4 is 28.4 Å². The van der Waals surface area contributed by atoms with Crippen LogP contribution in [-0.4, -0.2) is 34.9 Å². The van der Waals surface area contributed by atoms with Gasteiger partial charge in [-0.3, -0.25) is 9.36 Å². The van der Waals surface area contributed by atoms with Crippen LogP contribution in [0.5, 0.6) is 0 Å². The van der Waals surface area contributed by atoms with Crippen molar-refractivity contribution in [1.29, 1.82) is 0 Å². The molecule has 24 heavy (non-hydrogen) atoms. The van der Waals surface area contributed by atoms with Crippen LogP contribution >= 0.6 is 0 Å². The average molecular weight is 330 g/mol. The van der Waals surface area contributed by atoms with Crippen LogP contribution in [0.3, 0.4) is 0 Å². The van der Waals surface area contributed by atoms with E-state index < -0.39 is 5.76 Å². The summed E-state index contributed by atoms with van der Waals surface area (Å²) in [6, 6.07) is 5.09. The first-order chi connectivity index (χ1) is 11.6. The Morgan fingerprint density at radius 1 is 1.38 bits per heavy atom. The van der Waals surface area contributed by atoms with Crippen molar-refractivity contribution in [2.75, 3.05) is 18.4 Å². The van der Waals surface area contributed by atoms with Gasteiger partial charge in [-0.05, 0) is 25.2 Å². The number of benzene rings is 1. The van der Waals surface area contributed by atoms with E-state index >= 15 is 0 Å². The van der Waals surface area contributed by atoms with Gasteiger partial charge in [0.05, 0.1) is 5.52 Å². The van der Waals surface area contributed by atoms with Crippen molar-refractivity contribution in [2.45, 2.75) is 24.9 Å². The number of rotatable bonds is 2. The molecule has 2 N–H and O–H groups in total. The van der Waals surface area contributed by atoms with Crippen molar-refractivity contribution in [3.8, 4) is 0 Å². The smallest absolute Gasteiger partial charge is 0.408 e. The third-order valence-corrected chi connectivity index (χ3v) is 4.67. The summed E-state index contributed by atoms with van der Waals surface area (Å²) in [5.41, 5.74) is 1.71. The van der Waals surface area contributed by atoms with E-state index in [-0.39, 0.29) is 11.5 Å². The van der Waals surface area contributed by atoms with Crippen LogP contribution in [0.4, 0.5) is 5.69 Å². The van der Waals surface area contributed by atoms with Gasteiger partial charge in [0, 0.05) is 38.1 Å². The second-order valence-corrected chi connectivity index (χ2v) is 6.30.